The Hall–Kier alpha value is -5.53. The van der Waals surface area contributed by atoms with Crippen molar-refractivity contribution < 1.29 is 80.6 Å². The van der Waals surface area contributed by atoms with Gasteiger partial charge in [0, 0.05) is 64.1 Å². The lowest BCUT2D eigenvalue weighted by atomic mass is 9.89. The number of hydrogen-bond acceptors (Lipinski definition) is 17. The number of ketones is 1. The topological polar surface area (TPSA) is 293 Å². The number of amides is 4. The molecule has 0 radical (unpaired) electrons. The monoisotopic (exact) mass is 1080 g/mol. The van der Waals surface area contributed by atoms with E-state index in [0.29, 0.717) is 18.6 Å². The van der Waals surface area contributed by atoms with Crippen LogP contribution in [0, 0.1) is 11.8 Å². The minimum atomic E-state index is -4.55. The number of nitrogens with zero attached hydrogens (tertiary/aromatic N) is 1. The molecule has 416 valence electrons. The van der Waals surface area contributed by atoms with E-state index in [-0.39, 0.29) is 66.9 Å². The van der Waals surface area contributed by atoms with Crippen molar-refractivity contribution in [1.29, 1.82) is 0 Å². The van der Waals surface area contributed by atoms with Crippen LogP contribution in [0.3, 0.4) is 0 Å². The number of hydrogen-bond donors (Lipinski definition) is 6. The van der Waals surface area contributed by atoms with Gasteiger partial charge in [0.25, 0.3) is 0 Å². The summed E-state index contributed by atoms with van der Waals surface area (Å²) in [4.78, 5) is 82.4. The van der Waals surface area contributed by atoms with Gasteiger partial charge in [-0.1, -0.05) is 46.5 Å². The molecular formula is C50H79N5O17SSi. The molecule has 2 aromatic rings. The molecule has 74 heavy (non-hydrogen) atoms. The Labute approximate surface area is 436 Å². The predicted octanol–water partition coefficient (Wildman–Crippen LogP) is 4.76. The number of carbonyl (C=O) groups is 6. The molecule has 6 atom stereocenters. The fourth-order valence-corrected chi connectivity index (χ4v) is 8.70. The molecule has 4 bridgehead atoms. The molecule has 6 N–H and O–H groups in total. The molecule has 0 spiro atoms. The molecule has 0 aromatic heterocycles. The largest absolute Gasteiger partial charge is 0.490 e. The predicted molar refractivity (Wildman–Crippen MR) is 276 cm³/mol. The van der Waals surface area contributed by atoms with Gasteiger partial charge in [0.1, 0.15) is 48.4 Å². The van der Waals surface area contributed by atoms with E-state index in [9.17, 15) is 47.4 Å². The molecule has 1 heterocycles. The number of nitrogens with one attached hydrogen (secondary N) is 4. The van der Waals surface area contributed by atoms with Crippen LogP contribution in [0.4, 0.5) is 9.59 Å². The summed E-state index contributed by atoms with van der Waals surface area (Å²) >= 11 is 0. The molecular weight excluding hydrogens is 1000 g/mol. The van der Waals surface area contributed by atoms with Crippen LogP contribution in [0.1, 0.15) is 92.3 Å². The number of carbonyl (C=O) groups excluding carboxylic acids is 6. The number of likely N-dealkylation sites (N-methyl/N-ethyl adjacent to an activating group) is 1. The maximum absolute atomic E-state index is 14.9. The first-order valence-corrected chi connectivity index (χ1v) is 29.7. The number of alkyl carbamates (subject to hydrolysis) is 1. The van der Waals surface area contributed by atoms with Gasteiger partial charge < -0.3 is 58.9 Å². The number of esters is 1. The Balaban J connectivity index is 2.36. The maximum Gasteiger partial charge on any atom is 0.422 e. The first-order valence-electron chi connectivity index (χ1n) is 24.5. The van der Waals surface area contributed by atoms with Gasteiger partial charge in [-0.15, -0.1) is 0 Å². The van der Waals surface area contributed by atoms with Crippen molar-refractivity contribution in [2.45, 2.75) is 143 Å². The van der Waals surface area contributed by atoms with E-state index >= 15 is 0 Å². The minimum absolute atomic E-state index is 0.00487. The Bertz CT molecular complexity index is 2380. The van der Waals surface area contributed by atoms with Crippen LogP contribution in [0.15, 0.2) is 30.3 Å². The highest BCUT2D eigenvalue weighted by atomic mass is 32.2. The lowest BCUT2D eigenvalue weighted by molar-refractivity contribution is -0.146. The van der Waals surface area contributed by atoms with Crippen molar-refractivity contribution in [3.8, 4) is 28.4 Å². The summed E-state index contributed by atoms with van der Waals surface area (Å²) in [5.74, 6) is -4.93. The van der Waals surface area contributed by atoms with Crippen LogP contribution < -0.4 is 34.3 Å². The number of aliphatic hydroxyl groups excluding tert-OH is 2. The van der Waals surface area contributed by atoms with E-state index in [0.717, 1.165) is 18.1 Å². The van der Waals surface area contributed by atoms with Crippen LogP contribution in [0.5, 0.6) is 17.2 Å². The third-order valence-electron chi connectivity index (χ3n) is 11.1. The van der Waals surface area contributed by atoms with Gasteiger partial charge in [-0.3, -0.25) is 14.4 Å². The Morgan fingerprint density at radius 1 is 0.865 bits per heavy atom. The summed E-state index contributed by atoms with van der Waals surface area (Å²) in [6, 6.07) is 5.90. The van der Waals surface area contributed by atoms with Crippen LogP contribution in [0.25, 0.3) is 11.1 Å². The van der Waals surface area contributed by atoms with Gasteiger partial charge in [0.05, 0.1) is 19.8 Å². The smallest absolute Gasteiger partial charge is 0.422 e. The van der Waals surface area contributed by atoms with Crippen LogP contribution >= 0.6 is 0 Å². The molecule has 3 rings (SSSR count). The van der Waals surface area contributed by atoms with Crippen LogP contribution in [-0.4, -0.2) is 151 Å². The summed E-state index contributed by atoms with van der Waals surface area (Å²) in [6.07, 6.45) is -4.54. The molecule has 1 aliphatic heterocycles. The van der Waals surface area contributed by atoms with Gasteiger partial charge >= 0.3 is 28.4 Å². The molecule has 2 aromatic carbocycles. The zero-order valence-electron chi connectivity index (χ0n) is 45.3. The summed E-state index contributed by atoms with van der Waals surface area (Å²) in [6.45, 7) is 19.6. The number of aliphatic hydroxyl groups is 2. The first kappa shape index (κ1) is 62.8. The Morgan fingerprint density at radius 3 is 2.09 bits per heavy atom. The molecule has 0 saturated heterocycles. The number of fused-ring (bicyclic) bond motifs is 5. The first-order chi connectivity index (χ1) is 34.2. The zero-order valence-corrected chi connectivity index (χ0v) is 47.1. The van der Waals surface area contributed by atoms with E-state index in [2.05, 4.69) is 35.0 Å². The summed E-state index contributed by atoms with van der Waals surface area (Å²) in [5.41, 5.74) is -0.763. The molecule has 0 fully saturated rings. The number of ether oxygens (including phenoxy) is 7. The average Bonchev–Trinajstić information content (AvgIpc) is 3.28. The van der Waals surface area contributed by atoms with E-state index in [1.807, 2.05) is 0 Å². The number of benzene rings is 2. The van der Waals surface area contributed by atoms with Gasteiger partial charge in [-0.25, -0.2) is 19.1 Å². The highest BCUT2D eigenvalue weighted by molar-refractivity contribution is 7.88. The number of Topliss-reactive ketones (excluding diaryl/α,β-unsaturated/α-hetero) is 1. The van der Waals surface area contributed by atoms with Gasteiger partial charge in [-0.05, 0) is 89.4 Å². The standard InChI is InChI=1S/C50H79N5O17SSi/c1-15-34(56)27-69-41-24-33-23-37(43(41)70-29-67-18-19-74(12,13)14)36-21-32(16-17-40(36)68-28-35(57)26-51-47(62)71-49(4,5)6)22-38(46(61)66-11)53-44(59)30(2)20-39(58)42(33)55(10)45(60)31(3)25-52-73(64,65)54-48(63)72-50(7,8)9/h16-17,21,23-24,30-31,34-35,38,42,52,56-57H,15,18-20,22,25-29H2,1-14H3,(H,51,62)(H,53,59)(H,54,63)/t30-,31+,34-,35-,38+,42+/m1/s1. The van der Waals surface area contributed by atoms with Crippen molar-refractivity contribution in [2.75, 3.05) is 53.9 Å². The molecule has 24 heteroatoms. The summed E-state index contributed by atoms with van der Waals surface area (Å²) in [5, 5.41) is 27.1. The van der Waals surface area contributed by atoms with Crippen molar-refractivity contribution in [3.63, 3.8) is 0 Å². The normalized spacial score (nSPS) is 17.8. The molecule has 1 aliphatic rings. The number of methoxy groups -OCH3 is 1. The molecule has 0 aliphatic carbocycles. The fourth-order valence-electron chi connectivity index (χ4n) is 7.14. The molecule has 22 nitrogen and oxygen atoms in total. The highest BCUT2D eigenvalue weighted by Gasteiger charge is 2.37. The van der Waals surface area contributed by atoms with Crippen molar-refractivity contribution in [2.24, 2.45) is 11.8 Å². The quantitative estimate of drug-likeness (QED) is 0.0305. The second-order valence-corrected chi connectivity index (χ2v) is 28.6. The van der Waals surface area contributed by atoms with Gasteiger partial charge in [0.15, 0.2) is 24.1 Å². The van der Waals surface area contributed by atoms with Crippen molar-refractivity contribution in [1.82, 2.24) is 25.0 Å². The Morgan fingerprint density at radius 2 is 1.49 bits per heavy atom. The van der Waals surface area contributed by atoms with E-state index in [1.54, 1.807) is 77.5 Å². The highest BCUT2D eigenvalue weighted by Crippen LogP contribution is 2.46. The zero-order chi connectivity index (χ0) is 55.9. The van der Waals surface area contributed by atoms with Gasteiger partial charge in [-0.2, -0.15) is 13.1 Å². The van der Waals surface area contributed by atoms with E-state index < -0.39 is 114 Å². The lowest BCUT2D eigenvalue weighted by Crippen LogP contribution is -2.47. The second kappa shape index (κ2) is 27.3. The van der Waals surface area contributed by atoms with E-state index in [4.69, 9.17) is 33.2 Å². The molecule has 4 amide bonds. The van der Waals surface area contributed by atoms with Crippen molar-refractivity contribution in [3.05, 3.63) is 41.5 Å². The van der Waals surface area contributed by atoms with Crippen molar-refractivity contribution >= 4 is 54.0 Å². The van der Waals surface area contributed by atoms with Crippen LogP contribution in [0.2, 0.25) is 25.7 Å². The van der Waals surface area contributed by atoms with E-state index in [1.165, 1.54) is 27.0 Å². The minimum Gasteiger partial charge on any atom is -0.490 e. The molecule has 0 saturated carbocycles. The second-order valence-electron chi connectivity index (χ2n) is 21.5. The average molecular weight is 1080 g/mol. The van der Waals surface area contributed by atoms with Crippen LogP contribution in [-0.2, 0) is 54.8 Å². The fraction of sp³-hybridized carbons (Fsp3) is 0.640. The summed E-state index contributed by atoms with van der Waals surface area (Å²) in [7, 11) is -3.60. The third kappa shape index (κ3) is 21.0. The Kier molecular flexibility index (Phi) is 23.2. The summed E-state index contributed by atoms with van der Waals surface area (Å²) < 4.78 is 70.2. The maximum atomic E-state index is 14.9. The lowest BCUT2D eigenvalue weighted by Gasteiger charge is -2.32. The number of rotatable bonds is 22. The third-order valence-corrected chi connectivity index (χ3v) is 13.8. The SMILES string of the molecule is CC[C@@H](O)COc1cc2cc(c1OCOCC[Si](C)(C)C)-c1cc(ccc1OC[C@H](O)CNC(=O)OC(C)(C)C)C[C@@H](C(=O)OC)NC(=O)[C@H](C)CC(=O)[C@H]2N(C)C(=O)[C@@H](C)CNS(=O)(=O)NC(=O)OC(C)(C)C. The van der Waals surface area contributed by atoms with Gasteiger partial charge in [0.2, 0.25) is 11.8 Å². The molecule has 0 unspecified atom stereocenters.